The van der Waals surface area contributed by atoms with Crippen molar-refractivity contribution in [1.29, 1.82) is 0 Å². The highest BCUT2D eigenvalue weighted by molar-refractivity contribution is 7.80. The van der Waals surface area contributed by atoms with Crippen LogP contribution in [0.5, 0.6) is 5.75 Å². The van der Waals surface area contributed by atoms with Crippen LogP contribution in [0.4, 0.5) is 0 Å². The predicted octanol–water partition coefficient (Wildman–Crippen LogP) is 1.04. The molecule has 18 heavy (non-hydrogen) atoms. The van der Waals surface area contributed by atoms with E-state index in [1.54, 1.807) is 25.2 Å². The van der Waals surface area contributed by atoms with Gasteiger partial charge in [-0.2, -0.15) is 0 Å². The first-order valence-electron chi connectivity index (χ1n) is 5.33. The number of carbonyl (C=O) groups is 1. The lowest BCUT2D eigenvalue weighted by Gasteiger charge is -2.26. The smallest absolute Gasteiger partial charge is 0.317 e. The Labute approximate surface area is 111 Å². The molecule has 0 radical (unpaired) electrons. The minimum atomic E-state index is -0.981. The molecule has 98 valence electrons. The van der Waals surface area contributed by atoms with E-state index in [-0.39, 0.29) is 17.3 Å². The van der Waals surface area contributed by atoms with Crippen molar-refractivity contribution in [2.45, 2.75) is 13.0 Å². The van der Waals surface area contributed by atoms with Crippen LogP contribution in [0, 0.1) is 6.92 Å². The third kappa shape index (κ3) is 3.41. The van der Waals surface area contributed by atoms with Gasteiger partial charge < -0.3 is 15.9 Å². The number of carboxylic acid groups (broad SMARTS) is 1. The van der Waals surface area contributed by atoms with Gasteiger partial charge >= 0.3 is 5.97 Å². The third-order valence-corrected chi connectivity index (χ3v) is 2.80. The summed E-state index contributed by atoms with van der Waals surface area (Å²) < 4.78 is 0. The predicted molar refractivity (Wildman–Crippen MR) is 72.6 cm³/mol. The molecule has 1 atom stereocenters. The number of hydrogen-bond acceptors (Lipinski definition) is 4. The zero-order valence-corrected chi connectivity index (χ0v) is 11.1. The van der Waals surface area contributed by atoms with E-state index in [2.05, 4.69) is 0 Å². The summed E-state index contributed by atoms with van der Waals surface area (Å²) in [6, 6.07) is 4.45. The molecule has 1 rings (SSSR count). The van der Waals surface area contributed by atoms with Crippen LogP contribution in [0.25, 0.3) is 0 Å². The Bertz CT molecular complexity index is 476. The molecule has 6 heteroatoms. The molecule has 0 fully saturated rings. The molecule has 1 unspecified atom stereocenters. The second-order valence-electron chi connectivity index (χ2n) is 4.18. The zero-order valence-electron chi connectivity index (χ0n) is 10.3. The van der Waals surface area contributed by atoms with Crippen molar-refractivity contribution >= 4 is 23.2 Å². The zero-order chi connectivity index (χ0) is 13.9. The lowest BCUT2D eigenvalue weighted by Crippen LogP contribution is -2.37. The van der Waals surface area contributed by atoms with Crippen molar-refractivity contribution in [3.63, 3.8) is 0 Å². The van der Waals surface area contributed by atoms with Gasteiger partial charge in [-0.1, -0.05) is 29.9 Å². The standard InChI is InChI=1S/C12H16N2O3S/c1-7-3-4-9(15)8(5-7)11(12(13)18)14(2)6-10(16)17/h3-5,11,15H,6H2,1-2H3,(H2,13,18)(H,16,17). The van der Waals surface area contributed by atoms with E-state index >= 15 is 0 Å². The summed E-state index contributed by atoms with van der Waals surface area (Å²) in [6.07, 6.45) is 0. The van der Waals surface area contributed by atoms with Gasteiger partial charge in [0.1, 0.15) is 5.75 Å². The largest absolute Gasteiger partial charge is 0.508 e. The molecule has 0 spiro atoms. The first-order valence-corrected chi connectivity index (χ1v) is 5.74. The molecule has 0 aromatic heterocycles. The molecule has 0 amide bonds. The van der Waals surface area contributed by atoms with Gasteiger partial charge in [-0.05, 0) is 20.0 Å². The summed E-state index contributed by atoms with van der Waals surface area (Å²) in [7, 11) is 1.60. The van der Waals surface area contributed by atoms with Gasteiger partial charge in [-0.15, -0.1) is 0 Å². The second-order valence-corrected chi connectivity index (χ2v) is 4.65. The highest BCUT2D eigenvalue weighted by Crippen LogP contribution is 2.29. The maximum atomic E-state index is 10.7. The lowest BCUT2D eigenvalue weighted by atomic mass is 10.0. The fourth-order valence-electron chi connectivity index (χ4n) is 1.81. The Kier molecular flexibility index (Phi) is 4.63. The number of carboxylic acids is 1. The molecular weight excluding hydrogens is 252 g/mol. The number of aliphatic carboxylic acids is 1. The molecule has 0 aliphatic rings. The number of thiocarbonyl (C=S) groups is 1. The van der Waals surface area contributed by atoms with Crippen molar-refractivity contribution < 1.29 is 15.0 Å². The van der Waals surface area contributed by atoms with Crippen LogP contribution < -0.4 is 5.73 Å². The first kappa shape index (κ1) is 14.4. The molecule has 0 heterocycles. The topological polar surface area (TPSA) is 86.8 Å². The van der Waals surface area contributed by atoms with Gasteiger partial charge in [0.05, 0.1) is 17.6 Å². The summed E-state index contributed by atoms with van der Waals surface area (Å²) in [5.74, 6) is -0.929. The summed E-state index contributed by atoms with van der Waals surface area (Å²) in [5.41, 5.74) is 7.11. The summed E-state index contributed by atoms with van der Waals surface area (Å²) >= 11 is 4.96. The number of phenols is 1. The summed E-state index contributed by atoms with van der Waals surface area (Å²) in [5, 5.41) is 18.6. The Hall–Kier alpha value is -1.66. The number of nitrogens with zero attached hydrogens (tertiary/aromatic N) is 1. The van der Waals surface area contributed by atoms with Gasteiger partial charge in [0.2, 0.25) is 0 Å². The van der Waals surface area contributed by atoms with E-state index in [4.69, 9.17) is 23.1 Å². The van der Waals surface area contributed by atoms with Crippen molar-refractivity contribution in [2.24, 2.45) is 5.73 Å². The Balaban J connectivity index is 3.15. The van der Waals surface area contributed by atoms with Gasteiger partial charge in [-0.3, -0.25) is 9.69 Å². The average Bonchev–Trinajstić information content (AvgIpc) is 2.21. The Morgan fingerprint density at radius 2 is 2.17 bits per heavy atom. The van der Waals surface area contributed by atoms with Crippen LogP contribution in [-0.2, 0) is 4.79 Å². The normalized spacial score (nSPS) is 12.4. The SMILES string of the molecule is Cc1ccc(O)c(C(C(N)=S)N(C)CC(=O)O)c1. The van der Waals surface area contributed by atoms with E-state index in [9.17, 15) is 9.90 Å². The number of phenolic OH excluding ortho intramolecular Hbond substituents is 1. The summed E-state index contributed by atoms with van der Waals surface area (Å²) in [4.78, 5) is 12.3. The minimum absolute atomic E-state index is 0.0515. The van der Waals surface area contributed by atoms with Crippen molar-refractivity contribution in [2.75, 3.05) is 13.6 Å². The van der Waals surface area contributed by atoms with Crippen LogP contribution in [0.15, 0.2) is 18.2 Å². The molecule has 4 N–H and O–H groups in total. The lowest BCUT2D eigenvalue weighted by molar-refractivity contribution is -0.138. The van der Waals surface area contributed by atoms with Crippen LogP contribution in [-0.4, -0.2) is 39.7 Å². The number of benzene rings is 1. The van der Waals surface area contributed by atoms with E-state index in [0.29, 0.717) is 5.56 Å². The molecular formula is C12H16N2O3S. The average molecular weight is 268 g/mol. The maximum Gasteiger partial charge on any atom is 0.317 e. The van der Waals surface area contributed by atoms with E-state index in [1.165, 1.54) is 4.90 Å². The van der Waals surface area contributed by atoms with Crippen molar-refractivity contribution in [3.05, 3.63) is 29.3 Å². The molecule has 0 aliphatic carbocycles. The highest BCUT2D eigenvalue weighted by atomic mass is 32.1. The molecule has 1 aromatic carbocycles. The number of nitrogens with two attached hydrogens (primary N) is 1. The van der Waals surface area contributed by atoms with Crippen LogP contribution in [0.2, 0.25) is 0 Å². The fourth-order valence-corrected chi connectivity index (χ4v) is 2.11. The van der Waals surface area contributed by atoms with E-state index in [1.807, 2.05) is 6.92 Å². The van der Waals surface area contributed by atoms with Gasteiger partial charge in [0.25, 0.3) is 0 Å². The molecule has 1 aromatic rings. The van der Waals surface area contributed by atoms with Crippen LogP contribution >= 0.6 is 12.2 Å². The van der Waals surface area contributed by atoms with Crippen LogP contribution in [0.3, 0.4) is 0 Å². The Morgan fingerprint density at radius 3 is 2.67 bits per heavy atom. The molecule has 0 bridgehead atoms. The van der Waals surface area contributed by atoms with Crippen molar-refractivity contribution in [1.82, 2.24) is 4.90 Å². The van der Waals surface area contributed by atoms with E-state index < -0.39 is 12.0 Å². The maximum absolute atomic E-state index is 10.7. The van der Waals surface area contributed by atoms with Crippen LogP contribution in [0.1, 0.15) is 17.2 Å². The Morgan fingerprint density at radius 1 is 1.56 bits per heavy atom. The number of rotatable bonds is 5. The first-order chi connectivity index (χ1) is 8.32. The quantitative estimate of drug-likeness (QED) is 0.692. The number of aromatic hydroxyl groups is 1. The number of hydrogen-bond donors (Lipinski definition) is 3. The summed E-state index contributed by atoms with van der Waals surface area (Å²) in [6.45, 7) is 1.66. The molecule has 0 saturated carbocycles. The molecule has 0 saturated heterocycles. The minimum Gasteiger partial charge on any atom is -0.508 e. The second kappa shape index (κ2) is 5.79. The number of likely N-dealkylation sites (N-methyl/N-ethyl adjacent to an activating group) is 1. The molecule has 0 aliphatic heterocycles. The van der Waals surface area contributed by atoms with Gasteiger partial charge in [0, 0.05) is 5.56 Å². The number of aryl methyl sites for hydroxylation is 1. The monoisotopic (exact) mass is 268 g/mol. The van der Waals surface area contributed by atoms with Crippen molar-refractivity contribution in [3.8, 4) is 5.75 Å². The van der Waals surface area contributed by atoms with E-state index in [0.717, 1.165) is 5.56 Å². The third-order valence-electron chi connectivity index (χ3n) is 2.57. The molecule has 5 nitrogen and oxygen atoms in total. The van der Waals surface area contributed by atoms with Gasteiger partial charge in [-0.25, -0.2) is 0 Å². The highest BCUT2D eigenvalue weighted by Gasteiger charge is 2.24. The van der Waals surface area contributed by atoms with Gasteiger partial charge in [0.15, 0.2) is 0 Å². The fraction of sp³-hybridized carbons (Fsp3) is 0.333.